The zero-order valence-electron chi connectivity index (χ0n) is 4.28. The molecular formula is C6H15N. The van der Waals surface area contributed by atoms with Gasteiger partial charge in [0, 0.05) is 0 Å². The Hall–Kier alpha value is -0.0400. The lowest BCUT2D eigenvalue weighted by Crippen LogP contribution is -2.36. The molecule has 0 aromatic carbocycles. The van der Waals surface area contributed by atoms with Crippen molar-refractivity contribution in [2.75, 3.05) is 19.6 Å². The maximum atomic E-state index is 2.43. The molecule has 0 unspecified atom stereocenters. The summed E-state index contributed by atoms with van der Waals surface area (Å²) in [6.45, 7) is 6.14. The van der Waals surface area contributed by atoms with Gasteiger partial charge < -0.3 is 4.90 Å². The first-order valence-corrected chi connectivity index (χ1v) is 2.66. The summed E-state index contributed by atoms with van der Waals surface area (Å²) in [4.78, 5) is 2.43. The van der Waals surface area contributed by atoms with Gasteiger partial charge in [-0.2, -0.15) is 0 Å². The summed E-state index contributed by atoms with van der Waals surface area (Å²) < 4.78 is 0. The monoisotopic (exact) mass is 101 g/mol. The minimum absolute atomic E-state index is 0. The van der Waals surface area contributed by atoms with E-state index in [1.165, 1.54) is 26.1 Å². The van der Waals surface area contributed by atoms with Crippen molar-refractivity contribution < 1.29 is 0 Å². The largest absolute Gasteiger partial charge is 0.304 e. The molecule has 1 heteroatoms. The standard InChI is InChI=1S/C5H11N.CH4/c1-2-6-4-3-5-6;/h2-5H2,1H3;1H4. The lowest BCUT2D eigenvalue weighted by atomic mass is 10.2. The lowest BCUT2D eigenvalue weighted by Gasteiger charge is -2.28. The van der Waals surface area contributed by atoms with Gasteiger partial charge >= 0.3 is 0 Å². The van der Waals surface area contributed by atoms with Crippen molar-refractivity contribution in [3.63, 3.8) is 0 Å². The molecule has 0 aromatic heterocycles. The third-order valence-electron chi connectivity index (χ3n) is 1.40. The second-order valence-corrected chi connectivity index (χ2v) is 1.79. The van der Waals surface area contributed by atoms with E-state index in [0.29, 0.717) is 0 Å². The zero-order chi connectivity index (χ0) is 4.41. The van der Waals surface area contributed by atoms with Crippen LogP contribution in [0.4, 0.5) is 0 Å². The SMILES string of the molecule is C.CCN1CCC1. The van der Waals surface area contributed by atoms with Crippen LogP contribution in [0.2, 0.25) is 0 Å². The molecule has 44 valence electrons. The summed E-state index contributed by atoms with van der Waals surface area (Å²) in [5, 5.41) is 0. The Morgan fingerprint density at radius 1 is 1.43 bits per heavy atom. The predicted octanol–water partition coefficient (Wildman–Crippen LogP) is 1.35. The molecule has 7 heavy (non-hydrogen) atoms. The van der Waals surface area contributed by atoms with Crippen molar-refractivity contribution in [1.29, 1.82) is 0 Å². The Labute approximate surface area is 46.3 Å². The van der Waals surface area contributed by atoms with E-state index in [2.05, 4.69) is 11.8 Å². The van der Waals surface area contributed by atoms with E-state index < -0.39 is 0 Å². The van der Waals surface area contributed by atoms with E-state index >= 15 is 0 Å². The lowest BCUT2D eigenvalue weighted by molar-refractivity contribution is 0.192. The Bertz CT molecular complexity index is 36.7. The summed E-state index contributed by atoms with van der Waals surface area (Å²) in [6, 6.07) is 0. The minimum Gasteiger partial charge on any atom is -0.304 e. The van der Waals surface area contributed by atoms with Gasteiger partial charge in [0.25, 0.3) is 0 Å². The van der Waals surface area contributed by atoms with Gasteiger partial charge in [-0.15, -0.1) is 0 Å². The van der Waals surface area contributed by atoms with Crippen LogP contribution in [0.1, 0.15) is 20.8 Å². The second-order valence-electron chi connectivity index (χ2n) is 1.79. The molecule has 1 saturated heterocycles. The van der Waals surface area contributed by atoms with Crippen LogP contribution in [0.25, 0.3) is 0 Å². The Kier molecular flexibility index (Phi) is 3.01. The molecule has 1 heterocycles. The molecule has 0 atom stereocenters. The maximum Gasteiger partial charge on any atom is -0.000665 e. The summed E-state index contributed by atoms with van der Waals surface area (Å²) in [5.74, 6) is 0. The molecule has 1 nitrogen and oxygen atoms in total. The topological polar surface area (TPSA) is 3.24 Å². The zero-order valence-corrected chi connectivity index (χ0v) is 4.28. The molecule has 1 aliphatic heterocycles. The summed E-state index contributed by atoms with van der Waals surface area (Å²) in [5.41, 5.74) is 0. The van der Waals surface area contributed by atoms with Crippen LogP contribution in [0.3, 0.4) is 0 Å². The highest BCUT2D eigenvalue weighted by Crippen LogP contribution is 2.02. The van der Waals surface area contributed by atoms with E-state index in [0.717, 1.165) is 0 Å². The molecule has 1 rings (SSSR count). The molecule has 1 aliphatic rings. The number of hydrogen-bond acceptors (Lipinski definition) is 1. The molecule has 0 aliphatic carbocycles. The predicted molar refractivity (Wildman–Crippen MR) is 33.5 cm³/mol. The molecule has 1 fully saturated rings. The molecule has 0 amide bonds. The third-order valence-corrected chi connectivity index (χ3v) is 1.40. The van der Waals surface area contributed by atoms with Crippen molar-refractivity contribution in [1.82, 2.24) is 4.90 Å². The van der Waals surface area contributed by atoms with Crippen LogP contribution in [0.5, 0.6) is 0 Å². The van der Waals surface area contributed by atoms with Crippen LogP contribution in [0, 0.1) is 0 Å². The van der Waals surface area contributed by atoms with Gasteiger partial charge in [0.2, 0.25) is 0 Å². The van der Waals surface area contributed by atoms with Gasteiger partial charge in [0.05, 0.1) is 0 Å². The Morgan fingerprint density at radius 2 is 2.00 bits per heavy atom. The van der Waals surface area contributed by atoms with E-state index in [-0.39, 0.29) is 7.43 Å². The first-order chi connectivity index (χ1) is 2.93. The third kappa shape index (κ3) is 1.48. The van der Waals surface area contributed by atoms with Crippen molar-refractivity contribution >= 4 is 0 Å². The minimum atomic E-state index is 0. The molecular weight excluding hydrogens is 86.1 g/mol. The maximum absolute atomic E-state index is 2.43. The molecule has 0 N–H and O–H groups in total. The molecule has 0 bridgehead atoms. The average Bonchev–Trinajstić information content (AvgIpc) is 1.31. The van der Waals surface area contributed by atoms with Crippen LogP contribution in [0.15, 0.2) is 0 Å². The fraction of sp³-hybridized carbons (Fsp3) is 1.00. The van der Waals surface area contributed by atoms with Crippen molar-refractivity contribution in [3.8, 4) is 0 Å². The van der Waals surface area contributed by atoms with Gasteiger partial charge in [-0.05, 0) is 26.1 Å². The molecule has 0 aromatic rings. The van der Waals surface area contributed by atoms with Gasteiger partial charge in [0.15, 0.2) is 0 Å². The van der Waals surface area contributed by atoms with Crippen LogP contribution in [-0.4, -0.2) is 24.5 Å². The quantitative estimate of drug-likeness (QED) is 0.482. The highest BCUT2D eigenvalue weighted by Gasteiger charge is 2.08. The van der Waals surface area contributed by atoms with E-state index in [1.54, 1.807) is 0 Å². The summed E-state index contributed by atoms with van der Waals surface area (Å²) in [6.07, 6.45) is 1.42. The van der Waals surface area contributed by atoms with Crippen LogP contribution >= 0.6 is 0 Å². The fourth-order valence-electron chi connectivity index (χ4n) is 0.698. The second kappa shape index (κ2) is 3.03. The van der Waals surface area contributed by atoms with E-state index in [1.807, 2.05) is 0 Å². The number of hydrogen-bond donors (Lipinski definition) is 0. The van der Waals surface area contributed by atoms with Gasteiger partial charge in [0.1, 0.15) is 0 Å². The molecule has 0 radical (unpaired) electrons. The Balaban J connectivity index is 0.000000360. The summed E-state index contributed by atoms with van der Waals surface area (Å²) in [7, 11) is 0. The first kappa shape index (κ1) is 6.96. The van der Waals surface area contributed by atoms with E-state index in [9.17, 15) is 0 Å². The highest BCUT2D eigenvalue weighted by atomic mass is 15.2. The van der Waals surface area contributed by atoms with Crippen LogP contribution < -0.4 is 0 Å². The molecule has 0 saturated carbocycles. The number of nitrogens with zero attached hydrogens (tertiary/aromatic N) is 1. The Morgan fingerprint density at radius 3 is 2.00 bits per heavy atom. The highest BCUT2D eigenvalue weighted by molar-refractivity contribution is 4.64. The first-order valence-electron chi connectivity index (χ1n) is 2.66. The number of likely N-dealkylation sites (tertiary alicyclic amines) is 1. The normalized spacial score (nSPS) is 20.1. The average molecular weight is 101 g/mol. The summed E-state index contributed by atoms with van der Waals surface area (Å²) >= 11 is 0. The van der Waals surface area contributed by atoms with Crippen LogP contribution in [-0.2, 0) is 0 Å². The smallest absolute Gasteiger partial charge is 0.000665 e. The van der Waals surface area contributed by atoms with Gasteiger partial charge in [-0.1, -0.05) is 14.4 Å². The van der Waals surface area contributed by atoms with Crippen molar-refractivity contribution in [3.05, 3.63) is 0 Å². The fourth-order valence-corrected chi connectivity index (χ4v) is 0.698. The van der Waals surface area contributed by atoms with Crippen molar-refractivity contribution in [2.45, 2.75) is 20.8 Å². The van der Waals surface area contributed by atoms with E-state index in [4.69, 9.17) is 0 Å². The van der Waals surface area contributed by atoms with Gasteiger partial charge in [-0.3, -0.25) is 0 Å². The number of rotatable bonds is 1. The van der Waals surface area contributed by atoms with Gasteiger partial charge in [-0.25, -0.2) is 0 Å². The molecule has 0 spiro atoms. The van der Waals surface area contributed by atoms with Crippen molar-refractivity contribution in [2.24, 2.45) is 0 Å².